The molecule has 2 aromatic carbocycles. The van der Waals surface area contributed by atoms with Gasteiger partial charge in [-0.2, -0.15) is 0 Å². The molecule has 2 aromatic rings. The summed E-state index contributed by atoms with van der Waals surface area (Å²) >= 11 is 5.95. The topological polar surface area (TPSA) is 66.8 Å². The molecule has 1 N–H and O–H groups in total. The highest BCUT2D eigenvalue weighted by Gasteiger charge is 2.36. The summed E-state index contributed by atoms with van der Waals surface area (Å²) in [5.41, 5.74) is 1.49. The van der Waals surface area contributed by atoms with Crippen molar-refractivity contribution in [3.63, 3.8) is 0 Å². The van der Waals surface area contributed by atoms with Crippen molar-refractivity contribution in [2.75, 3.05) is 26.8 Å². The van der Waals surface area contributed by atoms with Crippen LogP contribution >= 0.6 is 11.6 Å². The highest BCUT2D eigenvalue weighted by molar-refractivity contribution is 6.30. The minimum Gasteiger partial charge on any atom is -0.465 e. The van der Waals surface area contributed by atoms with Crippen molar-refractivity contribution in [2.24, 2.45) is 5.41 Å². The van der Waals surface area contributed by atoms with Crippen LogP contribution in [0.5, 0.6) is 0 Å². The van der Waals surface area contributed by atoms with Crippen molar-refractivity contribution in [1.29, 1.82) is 0 Å². The van der Waals surface area contributed by atoms with Gasteiger partial charge in [0, 0.05) is 30.1 Å². The molecule has 0 aliphatic carbocycles. The van der Waals surface area contributed by atoms with Gasteiger partial charge >= 0.3 is 5.97 Å². The standard InChI is InChI=1S/C22H24ClNO4/c1-28-21(27)19-5-3-2-4-18(19)20(26)24-12-10-22(15-25,11-13-24)14-16-6-8-17(23)9-7-16/h2-9,25H,10-15H2,1H3. The molecule has 1 saturated heterocycles. The van der Waals surface area contributed by atoms with Crippen molar-refractivity contribution in [3.05, 3.63) is 70.2 Å². The molecular formula is C22H24ClNO4. The molecule has 1 aliphatic heterocycles. The number of carbonyl (C=O) groups is 2. The number of aliphatic hydroxyl groups excluding tert-OH is 1. The number of likely N-dealkylation sites (tertiary alicyclic amines) is 1. The normalized spacial score (nSPS) is 15.9. The maximum atomic E-state index is 13.0. The second-order valence-corrected chi connectivity index (χ2v) is 7.73. The van der Waals surface area contributed by atoms with Crippen LogP contribution in [0.2, 0.25) is 5.02 Å². The zero-order valence-corrected chi connectivity index (χ0v) is 16.6. The van der Waals surface area contributed by atoms with Crippen molar-refractivity contribution in [1.82, 2.24) is 4.90 Å². The predicted octanol–water partition coefficient (Wildman–Crippen LogP) is 3.58. The van der Waals surface area contributed by atoms with E-state index in [0.717, 1.165) is 12.0 Å². The summed E-state index contributed by atoms with van der Waals surface area (Å²) in [6.07, 6.45) is 2.12. The monoisotopic (exact) mass is 401 g/mol. The van der Waals surface area contributed by atoms with E-state index >= 15 is 0 Å². The number of rotatable bonds is 5. The smallest absolute Gasteiger partial charge is 0.338 e. The van der Waals surface area contributed by atoms with Gasteiger partial charge in [-0.3, -0.25) is 4.79 Å². The van der Waals surface area contributed by atoms with Crippen LogP contribution in [0.3, 0.4) is 0 Å². The minimum absolute atomic E-state index is 0.0659. The molecule has 28 heavy (non-hydrogen) atoms. The Balaban J connectivity index is 1.71. The highest BCUT2D eigenvalue weighted by Crippen LogP contribution is 2.35. The fraction of sp³-hybridized carbons (Fsp3) is 0.364. The summed E-state index contributed by atoms with van der Waals surface area (Å²) in [5.74, 6) is -0.701. The number of halogens is 1. The van der Waals surface area contributed by atoms with Gasteiger partial charge in [-0.15, -0.1) is 0 Å². The van der Waals surface area contributed by atoms with E-state index in [1.165, 1.54) is 7.11 Å². The van der Waals surface area contributed by atoms with Crippen LogP contribution in [0.25, 0.3) is 0 Å². The van der Waals surface area contributed by atoms with Gasteiger partial charge in [0.2, 0.25) is 0 Å². The number of hydrogen-bond donors (Lipinski definition) is 1. The number of amides is 1. The lowest BCUT2D eigenvalue weighted by molar-refractivity contribution is 0.0354. The van der Waals surface area contributed by atoms with E-state index in [9.17, 15) is 14.7 Å². The van der Waals surface area contributed by atoms with Crippen LogP contribution in [0, 0.1) is 5.41 Å². The first-order valence-corrected chi connectivity index (χ1v) is 9.68. The molecular weight excluding hydrogens is 378 g/mol. The fourth-order valence-electron chi connectivity index (χ4n) is 3.74. The quantitative estimate of drug-likeness (QED) is 0.777. The summed E-state index contributed by atoms with van der Waals surface area (Å²) < 4.78 is 4.79. The Labute approximate surface area is 169 Å². The Hall–Kier alpha value is -2.37. The van der Waals surface area contributed by atoms with Crippen molar-refractivity contribution < 1.29 is 19.4 Å². The average Bonchev–Trinajstić information content (AvgIpc) is 2.75. The molecule has 0 atom stereocenters. The van der Waals surface area contributed by atoms with E-state index in [1.807, 2.05) is 24.3 Å². The number of ether oxygens (including phenoxy) is 1. The molecule has 0 saturated carbocycles. The summed E-state index contributed by atoms with van der Waals surface area (Å²) in [4.78, 5) is 26.7. The second-order valence-electron chi connectivity index (χ2n) is 7.29. The van der Waals surface area contributed by atoms with Crippen molar-refractivity contribution >= 4 is 23.5 Å². The van der Waals surface area contributed by atoms with Gasteiger partial charge in [0.25, 0.3) is 5.91 Å². The van der Waals surface area contributed by atoms with Gasteiger partial charge in [-0.1, -0.05) is 35.9 Å². The molecule has 3 rings (SSSR count). The first kappa shape index (κ1) is 20.4. The summed E-state index contributed by atoms with van der Waals surface area (Å²) in [5, 5.41) is 10.7. The first-order valence-electron chi connectivity index (χ1n) is 9.30. The number of aliphatic hydroxyl groups is 1. The first-order chi connectivity index (χ1) is 13.5. The van der Waals surface area contributed by atoms with Crippen LogP contribution in [-0.4, -0.2) is 48.7 Å². The van der Waals surface area contributed by atoms with Gasteiger partial charge < -0.3 is 14.7 Å². The minimum atomic E-state index is -0.520. The Morgan fingerprint density at radius 2 is 1.68 bits per heavy atom. The SMILES string of the molecule is COC(=O)c1ccccc1C(=O)N1CCC(CO)(Cc2ccc(Cl)cc2)CC1. The average molecular weight is 402 g/mol. The number of benzene rings is 2. The summed E-state index contributed by atoms with van der Waals surface area (Å²) in [7, 11) is 1.30. The largest absolute Gasteiger partial charge is 0.465 e. The number of piperidine rings is 1. The summed E-state index contributed by atoms with van der Waals surface area (Å²) in [6, 6.07) is 14.4. The molecule has 0 bridgehead atoms. The van der Waals surface area contributed by atoms with Crippen LogP contribution in [-0.2, 0) is 11.2 Å². The molecule has 1 amide bonds. The Morgan fingerprint density at radius 1 is 1.07 bits per heavy atom. The molecule has 0 aromatic heterocycles. The molecule has 0 radical (unpaired) electrons. The van der Waals surface area contributed by atoms with Gasteiger partial charge in [-0.05, 0) is 49.1 Å². The molecule has 1 aliphatic rings. The van der Waals surface area contributed by atoms with Gasteiger partial charge in [0.15, 0.2) is 0 Å². The maximum absolute atomic E-state index is 13.0. The second kappa shape index (κ2) is 8.76. The Kier molecular flexibility index (Phi) is 6.37. The van der Waals surface area contributed by atoms with Crippen molar-refractivity contribution in [2.45, 2.75) is 19.3 Å². The molecule has 1 heterocycles. The number of methoxy groups -OCH3 is 1. The van der Waals surface area contributed by atoms with Gasteiger partial charge in [-0.25, -0.2) is 4.79 Å². The lowest BCUT2D eigenvalue weighted by atomic mass is 9.74. The third-order valence-electron chi connectivity index (χ3n) is 5.50. The number of nitrogens with zero attached hydrogens (tertiary/aromatic N) is 1. The number of hydrogen-bond acceptors (Lipinski definition) is 4. The lowest BCUT2D eigenvalue weighted by Crippen LogP contribution is -2.46. The number of esters is 1. The van der Waals surface area contributed by atoms with Crippen molar-refractivity contribution in [3.8, 4) is 0 Å². The molecule has 0 spiro atoms. The van der Waals surface area contributed by atoms with E-state index in [0.29, 0.717) is 36.5 Å². The van der Waals surface area contributed by atoms with Crippen LogP contribution in [0.15, 0.2) is 48.5 Å². The highest BCUT2D eigenvalue weighted by atomic mass is 35.5. The third kappa shape index (κ3) is 4.37. The molecule has 1 fully saturated rings. The van der Waals surface area contributed by atoms with E-state index < -0.39 is 5.97 Å². The van der Waals surface area contributed by atoms with E-state index in [4.69, 9.17) is 16.3 Å². The van der Waals surface area contributed by atoms with Crippen LogP contribution in [0.4, 0.5) is 0 Å². The fourth-order valence-corrected chi connectivity index (χ4v) is 3.86. The van der Waals surface area contributed by atoms with E-state index in [2.05, 4.69) is 0 Å². The zero-order valence-electron chi connectivity index (χ0n) is 15.9. The molecule has 6 heteroatoms. The predicted molar refractivity (Wildman–Crippen MR) is 108 cm³/mol. The van der Waals surface area contributed by atoms with Gasteiger partial charge in [0.1, 0.15) is 0 Å². The third-order valence-corrected chi connectivity index (χ3v) is 5.75. The van der Waals surface area contributed by atoms with Gasteiger partial charge in [0.05, 0.1) is 18.2 Å². The Morgan fingerprint density at radius 3 is 2.25 bits per heavy atom. The lowest BCUT2D eigenvalue weighted by Gasteiger charge is -2.41. The van der Waals surface area contributed by atoms with Crippen LogP contribution < -0.4 is 0 Å². The van der Waals surface area contributed by atoms with Crippen LogP contribution in [0.1, 0.15) is 39.1 Å². The molecule has 0 unspecified atom stereocenters. The summed E-state index contributed by atoms with van der Waals surface area (Å²) in [6.45, 7) is 1.13. The number of carbonyl (C=O) groups excluding carboxylic acids is 2. The molecule has 148 valence electrons. The zero-order chi connectivity index (χ0) is 20.1. The van der Waals surface area contributed by atoms with E-state index in [1.54, 1.807) is 29.2 Å². The van der Waals surface area contributed by atoms with E-state index in [-0.39, 0.29) is 23.5 Å². The Bertz CT molecular complexity index is 842. The maximum Gasteiger partial charge on any atom is 0.338 e. The molecule has 5 nitrogen and oxygen atoms in total.